The van der Waals surface area contributed by atoms with E-state index in [2.05, 4.69) is 22.1 Å². The maximum atomic E-state index is 10.9. The van der Waals surface area contributed by atoms with Crippen LogP contribution >= 0.6 is 11.8 Å². The highest BCUT2D eigenvalue weighted by atomic mass is 32.2. The van der Waals surface area contributed by atoms with Gasteiger partial charge in [-0.3, -0.25) is 15.1 Å². The molecule has 26 heavy (non-hydrogen) atoms. The third-order valence-corrected chi connectivity index (χ3v) is 4.66. The van der Waals surface area contributed by atoms with Gasteiger partial charge in [0.1, 0.15) is 6.07 Å². The molecular weight excluding hydrogens is 352 g/mol. The van der Waals surface area contributed by atoms with E-state index < -0.39 is 4.92 Å². The molecule has 8 nitrogen and oxygen atoms in total. The monoisotopic (exact) mass is 366 g/mol. The average Bonchev–Trinajstić information content (AvgIpc) is 3.05. The number of aromatic nitrogens is 4. The predicted molar refractivity (Wildman–Crippen MR) is 95.5 cm³/mol. The fourth-order valence-electron chi connectivity index (χ4n) is 2.41. The molecule has 0 spiro atoms. The van der Waals surface area contributed by atoms with Crippen LogP contribution in [0.15, 0.2) is 52.8 Å². The molecule has 0 atom stereocenters. The zero-order valence-corrected chi connectivity index (χ0v) is 14.7. The first-order valence-corrected chi connectivity index (χ1v) is 8.65. The van der Waals surface area contributed by atoms with Gasteiger partial charge in [0.05, 0.1) is 10.5 Å². The number of nitriles is 1. The van der Waals surface area contributed by atoms with Gasteiger partial charge in [0.25, 0.3) is 5.69 Å². The molecule has 2 heterocycles. The number of hydrogen-bond acceptors (Lipinski definition) is 7. The normalized spacial score (nSPS) is 10.5. The van der Waals surface area contributed by atoms with Gasteiger partial charge in [-0.1, -0.05) is 6.92 Å². The van der Waals surface area contributed by atoms with Crippen LogP contribution in [0.3, 0.4) is 0 Å². The van der Waals surface area contributed by atoms with Crippen LogP contribution in [0.2, 0.25) is 0 Å². The minimum atomic E-state index is -0.517. The van der Waals surface area contributed by atoms with Crippen molar-refractivity contribution in [2.24, 2.45) is 0 Å². The van der Waals surface area contributed by atoms with Gasteiger partial charge in [-0.2, -0.15) is 5.26 Å². The number of benzene rings is 1. The molecule has 0 saturated carbocycles. The van der Waals surface area contributed by atoms with Gasteiger partial charge in [-0.05, 0) is 36.4 Å². The number of non-ortho nitro benzene ring substituents is 1. The Hall–Kier alpha value is -3.25. The molecule has 0 aliphatic rings. The lowest BCUT2D eigenvalue weighted by Gasteiger charge is -2.09. The lowest BCUT2D eigenvalue weighted by molar-refractivity contribution is -0.384. The first-order chi connectivity index (χ1) is 12.6. The van der Waals surface area contributed by atoms with Crippen molar-refractivity contribution < 1.29 is 4.92 Å². The maximum Gasteiger partial charge on any atom is 0.270 e. The summed E-state index contributed by atoms with van der Waals surface area (Å²) in [7, 11) is 0. The van der Waals surface area contributed by atoms with Crippen LogP contribution in [-0.2, 0) is 6.54 Å². The van der Waals surface area contributed by atoms with Gasteiger partial charge in [-0.25, -0.2) is 0 Å². The van der Waals surface area contributed by atoms with Crippen molar-refractivity contribution in [2.75, 3.05) is 0 Å². The Morgan fingerprint density at radius 1 is 1.27 bits per heavy atom. The maximum absolute atomic E-state index is 10.9. The molecule has 0 bridgehead atoms. The lowest BCUT2D eigenvalue weighted by Crippen LogP contribution is -2.02. The van der Waals surface area contributed by atoms with E-state index in [-0.39, 0.29) is 11.3 Å². The van der Waals surface area contributed by atoms with Gasteiger partial charge in [0, 0.05) is 41.5 Å². The van der Waals surface area contributed by atoms with Gasteiger partial charge in [0.2, 0.25) is 0 Å². The van der Waals surface area contributed by atoms with Crippen molar-refractivity contribution in [3.05, 3.63) is 58.4 Å². The highest BCUT2D eigenvalue weighted by Gasteiger charge is 2.17. The summed E-state index contributed by atoms with van der Waals surface area (Å²) in [5.41, 5.74) is 1.02. The summed E-state index contributed by atoms with van der Waals surface area (Å²) in [6.07, 6.45) is 4.27. The molecule has 130 valence electrons. The fourth-order valence-corrected chi connectivity index (χ4v) is 3.33. The second-order valence-electron chi connectivity index (χ2n) is 5.35. The van der Waals surface area contributed by atoms with E-state index >= 15 is 0 Å². The quantitative estimate of drug-likeness (QED) is 0.483. The van der Waals surface area contributed by atoms with Crippen LogP contribution < -0.4 is 0 Å². The standard InChI is InChI=1S/C17H14N6O2S/c1-2-9-22-16(12-5-7-19-8-6-12)20-21-17(22)26-15-4-3-14(23(24)25)10-13(15)11-18/h3-8,10H,2,9H2,1H3. The zero-order valence-electron chi connectivity index (χ0n) is 13.9. The molecule has 1 aromatic carbocycles. The fraction of sp³-hybridized carbons (Fsp3) is 0.176. The van der Waals surface area contributed by atoms with E-state index in [4.69, 9.17) is 0 Å². The van der Waals surface area contributed by atoms with E-state index in [0.29, 0.717) is 16.6 Å². The van der Waals surface area contributed by atoms with Crippen molar-refractivity contribution in [2.45, 2.75) is 29.9 Å². The summed E-state index contributed by atoms with van der Waals surface area (Å²) < 4.78 is 1.97. The molecule has 9 heteroatoms. The number of nitrogens with zero attached hydrogens (tertiary/aromatic N) is 6. The van der Waals surface area contributed by atoms with Crippen LogP contribution in [0.5, 0.6) is 0 Å². The molecule has 0 unspecified atom stereocenters. The van der Waals surface area contributed by atoms with Crippen molar-refractivity contribution >= 4 is 17.4 Å². The molecule has 0 saturated heterocycles. The molecule has 2 aromatic heterocycles. The highest BCUT2D eigenvalue weighted by Crippen LogP contribution is 2.33. The summed E-state index contributed by atoms with van der Waals surface area (Å²) in [6.45, 7) is 2.76. The van der Waals surface area contributed by atoms with Gasteiger partial charge < -0.3 is 4.57 Å². The third-order valence-electron chi connectivity index (χ3n) is 3.60. The molecule has 0 aliphatic heterocycles. The van der Waals surface area contributed by atoms with E-state index in [1.807, 2.05) is 22.8 Å². The Labute approximate surface area is 153 Å². The summed E-state index contributed by atoms with van der Waals surface area (Å²) in [5, 5.41) is 29.4. The van der Waals surface area contributed by atoms with Crippen LogP contribution in [0, 0.1) is 21.4 Å². The van der Waals surface area contributed by atoms with E-state index in [9.17, 15) is 15.4 Å². The number of hydrogen-bond donors (Lipinski definition) is 0. The van der Waals surface area contributed by atoms with Gasteiger partial charge in [0.15, 0.2) is 11.0 Å². The van der Waals surface area contributed by atoms with E-state index in [1.165, 1.54) is 23.9 Å². The van der Waals surface area contributed by atoms with Crippen LogP contribution in [0.1, 0.15) is 18.9 Å². The largest absolute Gasteiger partial charge is 0.302 e. The lowest BCUT2D eigenvalue weighted by atomic mass is 10.2. The molecule has 0 amide bonds. The number of rotatable bonds is 6. The topological polar surface area (TPSA) is 111 Å². The number of nitro groups is 1. The molecule has 0 N–H and O–H groups in total. The molecule has 0 fully saturated rings. The minimum Gasteiger partial charge on any atom is -0.302 e. The molecular formula is C17H14N6O2S. The van der Waals surface area contributed by atoms with E-state index in [0.717, 1.165) is 17.8 Å². The predicted octanol–water partition coefficient (Wildman–Crippen LogP) is 3.68. The molecule has 0 aliphatic carbocycles. The molecule has 3 rings (SSSR count). The first-order valence-electron chi connectivity index (χ1n) is 7.84. The first kappa shape index (κ1) is 17.6. The molecule has 0 radical (unpaired) electrons. The third kappa shape index (κ3) is 3.55. The van der Waals surface area contributed by atoms with Crippen LogP contribution in [0.25, 0.3) is 11.4 Å². The van der Waals surface area contributed by atoms with Gasteiger partial charge in [-0.15, -0.1) is 10.2 Å². The second kappa shape index (κ2) is 7.76. The number of nitro benzene ring substituents is 1. The Bertz CT molecular complexity index is 981. The van der Waals surface area contributed by atoms with Crippen molar-refractivity contribution in [3.63, 3.8) is 0 Å². The average molecular weight is 366 g/mol. The van der Waals surface area contributed by atoms with Crippen LogP contribution in [-0.4, -0.2) is 24.7 Å². The Morgan fingerprint density at radius 3 is 2.69 bits per heavy atom. The Kier molecular flexibility index (Phi) is 5.24. The Morgan fingerprint density at radius 2 is 2.04 bits per heavy atom. The van der Waals surface area contributed by atoms with Crippen LogP contribution in [0.4, 0.5) is 5.69 Å². The second-order valence-corrected chi connectivity index (χ2v) is 6.35. The van der Waals surface area contributed by atoms with Crippen molar-refractivity contribution in [3.8, 4) is 17.5 Å². The zero-order chi connectivity index (χ0) is 18.5. The summed E-state index contributed by atoms with van der Waals surface area (Å²) in [6, 6.07) is 9.95. The van der Waals surface area contributed by atoms with Crippen molar-refractivity contribution in [1.29, 1.82) is 5.26 Å². The summed E-state index contributed by atoms with van der Waals surface area (Å²) in [5.74, 6) is 0.720. The SMILES string of the molecule is CCCn1c(Sc2ccc([N+](=O)[O-])cc2C#N)nnc1-c1ccncc1. The Balaban J connectivity index is 2.00. The van der Waals surface area contributed by atoms with Crippen molar-refractivity contribution in [1.82, 2.24) is 19.7 Å². The highest BCUT2D eigenvalue weighted by molar-refractivity contribution is 7.99. The van der Waals surface area contributed by atoms with E-state index in [1.54, 1.807) is 18.5 Å². The van der Waals surface area contributed by atoms with Gasteiger partial charge >= 0.3 is 0 Å². The summed E-state index contributed by atoms with van der Waals surface area (Å²) in [4.78, 5) is 15.0. The summed E-state index contributed by atoms with van der Waals surface area (Å²) >= 11 is 1.27. The minimum absolute atomic E-state index is 0.113. The number of pyridine rings is 1. The smallest absolute Gasteiger partial charge is 0.270 e. The molecule has 3 aromatic rings.